The number of anilines is 1. The summed E-state index contributed by atoms with van der Waals surface area (Å²) in [6.07, 6.45) is 0. The molecule has 1 aliphatic rings. The van der Waals surface area contributed by atoms with Crippen molar-refractivity contribution in [2.75, 3.05) is 24.7 Å². The maximum Gasteiger partial charge on any atom is 0.126 e. The minimum absolute atomic E-state index is 0.176. The average molecular weight is 252 g/mol. The predicted octanol–water partition coefficient (Wildman–Crippen LogP) is 2.38. The van der Waals surface area contributed by atoms with E-state index in [-0.39, 0.29) is 11.9 Å². The normalized spacial score (nSPS) is 22.1. The number of halogens is 1. The number of nitrogens with zero attached hydrogens (tertiary/aromatic N) is 1. The molecule has 1 aliphatic heterocycles. The molecule has 18 heavy (non-hydrogen) atoms. The monoisotopic (exact) mass is 252 g/mol. The first-order chi connectivity index (χ1) is 8.50. The fourth-order valence-electron chi connectivity index (χ4n) is 2.38. The molecule has 1 fully saturated rings. The quantitative estimate of drug-likeness (QED) is 0.878. The van der Waals surface area contributed by atoms with E-state index >= 15 is 0 Å². The molecule has 0 aromatic heterocycles. The van der Waals surface area contributed by atoms with Crippen molar-refractivity contribution < 1.29 is 9.13 Å². The van der Waals surface area contributed by atoms with Gasteiger partial charge in [0.05, 0.1) is 13.2 Å². The van der Waals surface area contributed by atoms with Crippen LogP contribution < -0.4 is 10.6 Å². The van der Waals surface area contributed by atoms with Crippen molar-refractivity contribution in [1.29, 1.82) is 0 Å². The van der Waals surface area contributed by atoms with Gasteiger partial charge in [-0.3, -0.25) is 0 Å². The van der Waals surface area contributed by atoms with Gasteiger partial charge in [0.2, 0.25) is 0 Å². The highest BCUT2D eigenvalue weighted by Gasteiger charge is 2.23. The first-order valence-electron chi connectivity index (χ1n) is 6.40. The van der Waals surface area contributed by atoms with Crippen LogP contribution in [-0.2, 0) is 4.74 Å². The Morgan fingerprint density at radius 3 is 2.83 bits per heavy atom. The van der Waals surface area contributed by atoms with Crippen molar-refractivity contribution in [1.82, 2.24) is 0 Å². The van der Waals surface area contributed by atoms with Crippen LogP contribution >= 0.6 is 0 Å². The van der Waals surface area contributed by atoms with E-state index in [4.69, 9.17) is 10.5 Å². The van der Waals surface area contributed by atoms with Gasteiger partial charge in [0, 0.05) is 24.3 Å². The zero-order valence-corrected chi connectivity index (χ0v) is 11.2. The molecule has 3 nitrogen and oxygen atoms in total. The SMILES string of the molecule is Cc1cc(N2CCOCC2C)c([C@@H](C)N)cc1F. The molecule has 0 radical (unpaired) electrons. The molecule has 2 N–H and O–H groups in total. The van der Waals surface area contributed by atoms with Crippen molar-refractivity contribution in [2.45, 2.75) is 32.9 Å². The lowest BCUT2D eigenvalue weighted by Crippen LogP contribution is -2.44. The molecule has 1 heterocycles. The van der Waals surface area contributed by atoms with Crippen LogP contribution in [0.4, 0.5) is 10.1 Å². The van der Waals surface area contributed by atoms with E-state index in [2.05, 4.69) is 11.8 Å². The lowest BCUT2D eigenvalue weighted by Gasteiger charge is -2.37. The molecule has 100 valence electrons. The number of benzene rings is 1. The molecular weight excluding hydrogens is 231 g/mol. The van der Waals surface area contributed by atoms with Crippen LogP contribution in [0.25, 0.3) is 0 Å². The van der Waals surface area contributed by atoms with Crippen LogP contribution in [0.3, 0.4) is 0 Å². The minimum atomic E-state index is -0.188. The lowest BCUT2D eigenvalue weighted by atomic mass is 10.0. The van der Waals surface area contributed by atoms with Crippen LogP contribution in [0.15, 0.2) is 12.1 Å². The number of ether oxygens (including phenoxy) is 1. The Balaban J connectivity index is 2.44. The van der Waals surface area contributed by atoms with Crippen LogP contribution in [0.1, 0.15) is 31.0 Å². The van der Waals surface area contributed by atoms with Gasteiger partial charge in [0.15, 0.2) is 0 Å². The summed E-state index contributed by atoms with van der Waals surface area (Å²) in [7, 11) is 0. The second-order valence-corrected chi connectivity index (χ2v) is 5.07. The van der Waals surface area contributed by atoms with E-state index in [1.807, 2.05) is 13.0 Å². The Labute approximate surface area is 108 Å². The topological polar surface area (TPSA) is 38.5 Å². The average Bonchev–Trinajstić information content (AvgIpc) is 2.32. The van der Waals surface area contributed by atoms with Crippen molar-refractivity contribution in [3.8, 4) is 0 Å². The Morgan fingerprint density at radius 1 is 1.50 bits per heavy atom. The second kappa shape index (κ2) is 5.24. The summed E-state index contributed by atoms with van der Waals surface area (Å²) < 4.78 is 19.1. The molecule has 0 amide bonds. The first kappa shape index (κ1) is 13.3. The van der Waals surface area contributed by atoms with E-state index in [1.165, 1.54) is 0 Å². The van der Waals surface area contributed by atoms with Crippen molar-refractivity contribution in [2.24, 2.45) is 5.73 Å². The lowest BCUT2D eigenvalue weighted by molar-refractivity contribution is 0.0988. The fourth-order valence-corrected chi connectivity index (χ4v) is 2.38. The van der Waals surface area contributed by atoms with Gasteiger partial charge in [0.25, 0.3) is 0 Å². The Morgan fingerprint density at radius 2 is 2.22 bits per heavy atom. The van der Waals surface area contributed by atoms with Gasteiger partial charge >= 0.3 is 0 Å². The number of rotatable bonds is 2. The van der Waals surface area contributed by atoms with E-state index in [9.17, 15) is 4.39 Å². The molecule has 4 heteroatoms. The minimum Gasteiger partial charge on any atom is -0.377 e. The van der Waals surface area contributed by atoms with E-state index in [0.29, 0.717) is 24.8 Å². The summed E-state index contributed by atoms with van der Waals surface area (Å²) >= 11 is 0. The number of hydrogen-bond acceptors (Lipinski definition) is 3. The molecule has 1 saturated heterocycles. The number of nitrogens with two attached hydrogens (primary N) is 1. The zero-order valence-electron chi connectivity index (χ0n) is 11.2. The van der Waals surface area contributed by atoms with Crippen molar-refractivity contribution >= 4 is 5.69 Å². The van der Waals surface area contributed by atoms with Crippen molar-refractivity contribution in [3.05, 3.63) is 29.1 Å². The van der Waals surface area contributed by atoms with Gasteiger partial charge in [-0.05, 0) is 44.0 Å². The molecule has 1 aromatic rings. The summed E-state index contributed by atoms with van der Waals surface area (Å²) in [5.41, 5.74) is 8.53. The highest BCUT2D eigenvalue weighted by atomic mass is 19.1. The van der Waals surface area contributed by atoms with Crippen LogP contribution in [0.2, 0.25) is 0 Å². The van der Waals surface area contributed by atoms with Crippen LogP contribution in [-0.4, -0.2) is 25.8 Å². The molecular formula is C14H21FN2O. The van der Waals surface area contributed by atoms with E-state index < -0.39 is 0 Å². The predicted molar refractivity (Wildman–Crippen MR) is 71.4 cm³/mol. The number of morpholine rings is 1. The standard InChI is InChI=1S/C14H21FN2O/c1-9-6-14(12(11(3)16)7-13(9)15)17-4-5-18-8-10(17)2/h6-7,10-11H,4-5,8,16H2,1-3H3/t10?,11-/m1/s1. The Kier molecular flexibility index (Phi) is 3.88. The van der Waals surface area contributed by atoms with Gasteiger partial charge in [-0.2, -0.15) is 0 Å². The maximum atomic E-state index is 13.7. The highest BCUT2D eigenvalue weighted by molar-refractivity contribution is 5.58. The Hall–Kier alpha value is -1.13. The molecule has 0 saturated carbocycles. The van der Waals surface area contributed by atoms with Gasteiger partial charge in [-0.15, -0.1) is 0 Å². The first-order valence-corrected chi connectivity index (χ1v) is 6.40. The molecule has 1 unspecified atom stereocenters. The largest absolute Gasteiger partial charge is 0.377 e. The van der Waals surface area contributed by atoms with Gasteiger partial charge in [-0.25, -0.2) is 4.39 Å². The number of aryl methyl sites for hydroxylation is 1. The summed E-state index contributed by atoms with van der Waals surface area (Å²) in [6, 6.07) is 3.58. The van der Waals surface area contributed by atoms with Gasteiger partial charge < -0.3 is 15.4 Å². The van der Waals surface area contributed by atoms with Crippen LogP contribution in [0, 0.1) is 12.7 Å². The smallest absolute Gasteiger partial charge is 0.126 e. The zero-order chi connectivity index (χ0) is 13.3. The highest BCUT2D eigenvalue weighted by Crippen LogP contribution is 2.30. The van der Waals surface area contributed by atoms with Gasteiger partial charge in [0.1, 0.15) is 5.82 Å². The summed E-state index contributed by atoms with van der Waals surface area (Å²) in [6.45, 7) is 8.02. The third kappa shape index (κ3) is 2.49. The summed E-state index contributed by atoms with van der Waals surface area (Å²) in [4.78, 5) is 2.26. The van der Waals surface area contributed by atoms with Crippen LogP contribution in [0.5, 0.6) is 0 Å². The summed E-state index contributed by atoms with van der Waals surface area (Å²) in [5.74, 6) is -0.188. The molecule has 2 rings (SSSR count). The van der Waals surface area contributed by atoms with Crippen molar-refractivity contribution in [3.63, 3.8) is 0 Å². The fraction of sp³-hybridized carbons (Fsp3) is 0.571. The molecule has 2 atom stereocenters. The van der Waals surface area contributed by atoms with E-state index in [1.54, 1.807) is 13.0 Å². The molecule has 0 bridgehead atoms. The third-order valence-electron chi connectivity index (χ3n) is 3.48. The maximum absolute atomic E-state index is 13.7. The molecule has 0 spiro atoms. The Bertz CT molecular complexity index is 434. The second-order valence-electron chi connectivity index (χ2n) is 5.07. The van der Waals surface area contributed by atoms with Gasteiger partial charge in [-0.1, -0.05) is 0 Å². The third-order valence-corrected chi connectivity index (χ3v) is 3.48. The summed E-state index contributed by atoms with van der Waals surface area (Å²) in [5, 5.41) is 0. The molecule has 0 aliphatic carbocycles. The number of hydrogen-bond donors (Lipinski definition) is 1. The molecule has 1 aromatic carbocycles. The van der Waals surface area contributed by atoms with E-state index in [0.717, 1.165) is 17.8 Å².